The van der Waals surface area contributed by atoms with Gasteiger partial charge < -0.3 is 21.1 Å². The highest BCUT2D eigenvalue weighted by atomic mass is 16.3. The molecular weight excluding hydrogens is 358 g/mol. The standard InChI is InChI=1S/C21H41N3O4/c1-4-7-10-11-12-15-23-19(26)17-21(28,20(27)24-14-9-6-3)16-18(25)22-13-8-5-2/h28H,4-17H2,1-3H3,(H,22,25)(H,23,26)(H,24,27). The summed E-state index contributed by atoms with van der Waals surface area (Å²) in [4.78, 5) is 36.8. The summed E-state index contributed by atoms with van der Waals surface area (Å²) in [6.45, 7) is 7.57. The van der Waals surface area contributed by atoms with Gasteiger partial charge in [0.1, 0.15) is 0 Å². The van der Waals surface area contributed by atoms with Gasteiger partial charge in [0.25, 0.3) is 5.91 Å². The Hall–Kier alpha value is -1.63. The minimum absolute atomic E-state index is 0.411. The van der Waals surface area contributed by atoms with E-state index >= 15 is 0 Å². The van der Waals surface area contributed by atoms with E-state index in [2.05, 4.69) is 22.9 Å². The summed E-state index contributed by atoms with van der Waals surface area (Å²) < 4.78 is 0. The van der Waals surface area contributed by atoms with Crippen LogP contribution in [-0.4, -0.2) is 48.1 Å². The van der Waals surface area contributed by atoms with Crippen molar-refractivity contribution in [3.63, 3.8) is 0 Å². The zero-order valence-electron chi connectivity index (χ0n) is 18.1. The lowest BCUT2D eigenvalue weighted by atomic mass is 9.93. The molecule has 0 aromatic heterocycles. The quantitative estimate of drug-likeness (QED) is 0.282. The molecule has 7 nitrogen and oxygen atoms in total. The van der Waals surface area contributed by atoms with Crippen LogP contribution >= 0.6 is 0 Å². The summed E-state index contributed by atoms with van der Waals surface area (Å²) in [6, 6.07) is 0. The number of amides is 3. The van der Waals surface area contributed by atoms with E-state index in [1.54, 1.807) is 0 Å². The van der Waals surface area contributed by atoms with E-state index in [1.165, 1.54) is 6.42 Å². The number of hydrogen-bond acceptors (Lipinski definition) is 4. The molecule has 0 radical (unpaired) electrons. The molecule has 0 aliphatic heterocycles. The highest BCUT2D eigenvalue weighted by molar-refractivity contribution is 5.95. The van der Waals surface area contributed by atoms with Crippen LogP contribution in [0.4, 0.5) is 0 Å². The van der Waals surface area contributed by atoms with Gasteiger partial charge >= 0.3 is 0 Å². The molecule has 1 unspecified atom stereocenters. The van der Waals surface area contributed by atoms with Crippen LogP contribution in [0.25, 0.3) is 0 Å². The Kier molecular flexibility index (Phi) is 15.4. The van der Waals surface area contributed by atoms with Gasteiger partial charge in [-0.15, -0.1) is 0 Å². The van der Waals surface area contributed by atoms with Crippen molar-refractivity contribution in [3.8, 4) is 0 Å². The summed E-state index contributed by atoms with van der Waals surface area (Å²) in [5.41, 5.74) is -2.03. The minimum atomic E-state index is -2.03. The lowest BCUT2D eigenvalue weighted by Crippen LogP contribution is -2.52. The lowest BCUT2D eigenvalue weighted by molar-refractivity contribution is -0.149. The van der Waals surface area contributed by atoms with Crippen molar-refractivity contribution in [2.75, 3.05) is 19.6 Å². The number of carbonyl (C=O) groups excluding carboxylic acids is 3. The van der Waals surface area contributed by atoms with Crippen LogP contribution in [0.1, 0.15) is 91.4 Å². The summed E-state index contributed by atoms with van der Waals surface area (Å²) in [6.07, 6.45) is 7.97. The molecular formula is C21H41N3O4. The number of hydrogen-bond donors (Lipinski definition) is 4. The molecule has 0 aromatic rings. The minimum Gasteiger partial charge on any atom is -0.379 e. The first kappa shape index (κ1) is 26.4. The van der Waals surface area contributed by atoms with Crippen LogP contribution in [0.3, 0.4) is 0 Å². The number of aliphatic hydroxyl groups is 1. The molecule has 4 N–H and O–H groups in total. The smallest absolute Gasteiger partial charge is 0.253 e. The van der Waals surface area contributed by atoms with Crippen LogP contribution in [0.5, 0.6) is 0 Å². The van der Waals surface area contributed by atoms with Crippen LogP contribution in [0.15, 0.2) is 0 Å². The second-order valence-electron chi connectivity index (χ2n) is 7.46. The van der Waals surface area contributed by atoms with Crippen LogP contribution in [0.2, 0.25) is 0 Å². The van der Waals surface area contributed by atoms with Gasteiger partial charge in [0.2, 0.25) is 11.8 Å². The third kappa shape index (κ3) is 12.7. The Balaban J connectivity index is 4.66. The average molecular weight is 400 g/mol. The molecule has 0 spiro atoms. The number of unbranched alkanes of at least 4 members (excludes halogenated alkanes) is 6. The van der Waals surface area contributed by atoms with Gasteiger partial charge in [0.05, 0.1) is 12.8 Å². The van der Waals surface area contributed by atoms with E-state index in [4.69, 9.17) is 0 Å². The van der Waals surface area contributed by atoms with Crippen molar-refractivity contribution in [2.24, 2.45) is 0 Å². The van der Waals surface area contributed by atoms with E-state index in [0.717, 1.165) is 51.4 Å². The first-order valence-corrected chi connectivity index (χ1v) is 10.9. The predicted molar refractivity (Wildman–Crippen MR) is 112 cm³/mol. The van der Waals surface area contributed by atoms with E-state index in [0.29, 0.717) is 19.6 Å². The zero-order chi connectivity index (χ0) is 21.3. The molecule has 0 saturated carbocycles. The topological polar surface area (TPSA) is 108 Å². The summed E-state index contributed by atoms with van der Waals surface area (Å²) in [7, 11) is 0. The maximum atomic E-state index is 12.5. The van der Waals surface area contributed by atoms with Gasteiger partial charge in [-0.3, -0.25) is 14.4 Å². The molecule has 0 aromatic carbocycles. The van der Waals surface area contributed by atoms with Gasteiger partial charge in [-0.05, 0) is 19.3 Å². The largest absolute Gasteiger partial charge is 0.379 e. The Morgan fingerprint density at radius 1 is 0.643 bits per heavy atom. The second-order valence-corrected chi connectivity index (χ2v) is 7.46. The molecule has 28 heavy (non-hydrogen) atoms. The molecule has 0 aliphatic rings. The second kappa shape index (κ2) is 16.3. The monoisotopic (exact) mass is 399 g/mol. The summed E-state index contributed by atoms with van der Waals surface area (Å²) in [5, 5.41) is 18.9. The van der Waals surface area contributed by atoms with Crippen molar-refractivity contribution >= 4 is 17.7 Å². The molecule has 0 bridgehead atoms. The van der Waals surface area contributed by atoms with Gasteiger partial charge in [0.15, 0.2) is 5.60 Å². The lowest BCUT2D eigenvalue weighted by Gasteiger charge is -2.26. The molecule has 0 saturated heterocycles. The molecule has 0 rings (SSSR count). The third-order valence-corrected chi connectivity index (χ3v) is 4.60. The number of carbonyl (C=O) groups is 3. The molecule has 1 atom stereocenters. The van der Waals surface area contributed by atoms with Crippen molar-refractivity contribution in [2.45, 2.75) is 97.0 Å². The Labute approximate surface area is 170 Å². The SMILES string of the molecule is CCCCCCCNC(=O)CC(O)(CC(=O)NCCCC)C(=O)NCCCC. The Morgan fingerprint density at radius 3 is 1.57 bits per heavy atom. The number of nitrogens with one attached hydrogen (secondary N) is 3. The van der Waals surface area contributed by atoms with Gasteiger partial charge in [-0.2, -0.15) is 0 Å². The first-order chi connectivity index (χ1) is 13.4. The first-order valence-electron chi connectivity index (χ1n) is 10.9. The maximum Gasteiger partial charge on any atom is 0.253 e. The van der Waals surface area contributed by atoms with Crippen LogP contribution < -0.4 is 16.0 Å². The van der Waals surface area contributed by atoms with Gasteiger partial charge in [0, 0.05) is 19.6 Å². The van der Waals surface area contributed by atoms with E-state index in [1.807, 2.05) is 13.8 Å². The molecule has 0 aliphatic carbocycles. The molecule has 0 heterocycles. The van der Waals surface area contributed by atoms with Crippen molar-refractivity contribution in [1.29, 1.82) is 0 Å². The third-order valence-electron chi connectivity index (χ3n) is 4.60. The Bertz CT molecular complexity index is 457. The summed E-state index contributed by atoms with van der Waals surface area (Å²) in [5.74, 6) is -1.50. The van der Waals surface area contributed by atoms with E-state index < -0.39 is 36.2 Å². The van der Waals surface area contributed by atoms with E-state index in [-0.39, 0.29) is 0 Å². The van der Waals surface area contributed by atoms with Crippen molar-refractivity contribution < 1.29 is 19.5 Å². The van der Waals surface area contributed by atoms with Crippen LogP contribution in [0, 0.1) is 0 Å². The molecule has 0 fully saturated rings. The average Bonchev–Trinajstić information content (AvgIpc) is 2.64. The highest BCUT2D eigenvalue weighted by Gasteiger charge is 2.40. The molecule has 3 amide bonds. The van der Waals surface area contributed by atoms with E-state index in [9.17, 15) is 19.5 Å². The van der Waals surface area contributed by atoms with Gasteiger partial charge in [-0.1, -0.05) is 59.3 Å². The Morgan fingerprint density at radius 2 is 1.07 bits per heavy atom. The van der Waals surface area contributed by atoms with Crippen molar-refractivity contribution in [3.05, 3.63) is 0 Å². The fraction of sp³-hybridized carbons (Fsp3) is 0.857. The maximum absolute atomic E-state index is 12.5. The normalized spacial score (nSPS) is 12.9. The van der Waals surface area contributed by atoms with Crippen molar-refractivity contribution in [1.82, 2.24) is 16.0 Å². The van der Waals surface area contributed by atoms with Gasteiger partial charge in [-0.25, -0.2) is 0 Å². The fourth-order valence-corrected chi connectivity index (χ4v) is 2.78. The highest BCUT2D eigenvalue weighted by Crippen LogP contribution is 2.16. The fourth-order valence-electron chi connectivity index (χ4n) is 2.78. The zero-order valence-corrected chi connectivity index (χ0v) is 18.1. The predicted octanol–water partition coefficient (Wildman–Crippen LogP) is 2.42. The van der Waals surface area contributed by atoms with Crippen LogP contribution in [-0.2, 0) is 14.4 Å². The number of rotatable bonds is 17. The molecule has 164 valence electrons. The molecule has 7 heteroatoms. The summed E-state index contributed by atoms with van der Waals surface area (Å²) >= 11 is 0.